The zero-order valence-electron chi connectivity index (χ0n) is 13.2. The van der Waals surface area contributed by atoms with Crippen LogP contribution in [0.2, 0.25) is 0 Å². The van der Waals surface area contributed by atoms with Gasteiger partial charge >= 0.3 is 12.4 Å². The average molecular weight is 444 g/mol. The molecule has 2 rings (SSSR count). The summed E-state index contributed by atoms with van der Waals surface area (Å²) in [4.78, 5) is 11.9. The van der Waals surface area contributed by atoms with Crippen LogP contribution in [-0.2, 0) is 23.7 Å². The predicted octanol–water partition coefficient (Wildman–Crippen LogP) is 5.02. The molecule has 0 aliphatic heterocycles. The number of aryl methyl sites for hydroxylation is 1. The summed E-state index contributed by atoms with van der Waals surface area (Å²) in [5, 5.41) is 5.53. The second-order valence-corrected chi connectivity index (χ2v) is 6.10. The van der Waals surface area contributed by atoms with E-state index < -0.39 is 35.2 Å². The van der Waals surface area contributed by atoms with Gasteiger partial charge in [0.2, 0.25) is 5.91 Å². The molecule has 1 heterocycles. The summed E-state index contributed by atoms with van der Waals surface area (Å²) in [5.41, 5.74) is -2.40. The molecule has 1 N–H and O–H groups in total. The van der Waals surface area contributed by atoms with Gasteiger partial charge in [0.25, 0.3) is 0 Å². The van der Waals surface area contributed by atoms with Crippen molar-refractivity contribution in [1.82, 2.24) is 9.78 Å². The molecule has 4 nitrogen and oxygen atoms in total. The van der Waals surface area contributed by atoms with Crippen molar-refractivity contribution >= 4 is 27.5 Å². The molecule has 142 valence electrons. The van der Waals surface area contributed by atoms with Crippen molar-refractivity contribution in [3.05, 3.63) is 45.7 Å². The number of halogens is 7. The fourth-order valence-electron chi connectivity index (χ4n) is 2.18. The molecule has 11 heteroatoms. The van der Waals surface area contributed by atoms with E-state index in [1.54, 1.807) is 0 Å². The Bertz CT molecular complexity index is 813. The van der Waals surface area contributed by atoms with Crippen LogP contribution in [0.25, 0.3) is 0 Å². The Hall–Kier alpha value is -2.04. The van der Waals surface area contributed by atoms with E-state index >= 15 is 0 Å². The van der Waals surface area contributed by atoms with Crippen LogP contribution in [0.15, 0.2) is 28.7 Å². The minimum Gasteiger partial charge on any atom is -0.325 e. The summed E-state index contributed by atoms with van der Waals surface area (Å²) >= 11 is 2.80. The zero-order chi connectivity index (χ0) is 19.7. The topological polar surface area (TPSA) is 46.9 Å². The van der Waals surface area contributed by atoms with Crippen LogP contribution in [0.4, 0.5) is 32.0 Å². The Morgan fingerprint density at radius 1 is 1.15 bits per heavy atom. The van der Waals surface area contributed by atoms with E-state index in [0.29, 0.717) is 0 Å². The summed E-state index contributed by atoms with van der Waals surface area (Å²) < 4.78 is 77.8. The summed E-state index contributed by atoms with van der Waals surface area (Å²) in [5.74, 6) is -0.777. The van der Waals surface area contributed by atoms with E-state index in [1.807, 2.05) is 0 Å². The van der Waals surface area contributed by atoms with E-state index in [9.17, 15) is 31.1 Å². The number of hydrogen-bond acceptors (Lipinski definition) is 2. The van der Waals surface area contributed by atoms with Gasteiger partial charge in [-0.1, -0.05) is 12.1 Å². The van der Waals surface area contributed by atoms with Crippen LogP contribution in [0, 0.1) is 6.92 Å². The number of carbonyl (C=O) groups is 1. The third-order valence-electron chi connectivity index (χ3n) is 3.46. The Kier molecular flexibility index (Phi) is 5.69. The fourth-order valence-corrected chi connectivity index (χ4v) is 2.69. The Morgan fingerprint density at radius 2 is 1.77 bits per heavy atom. The maximum Gasteiger partial charge on any atom is 0.436 e. The highest BCUT2D eigenvalue weighted by atomic mass is 79.9. The summed E-state index contributed by atoms with van der Waals surface area (Å²) in [6, 6.07) is 4.43. The lowest BCUT2D eigenvalue weighted by molar-refractivity contribution is -0.142. The lowest BCUT2D eigenvalue weighted by Crippen LogP contribution is -2.18. The third-order valence-corrected chi connectivity index (χ3v) is 4.41. The largest absolute Gasteiger partial charge is 0.436 e. The van der Waals surface area contributed by atoms with Crippen molar-refractivity contribution in [3.63, 3.8) is 0 Å². The van der Waals surface area contributed by atoms with Gasteiger partial charge in [0.1, 0.15) is 0 Å². The van der Waals surface area contributed by atoms with E-state index in [1.165, 1.54) is 19.1 Å². The van der Waals surface area contributed by atoms with Crippen molar-refractivity contribution in [3.8, 4) is 0 Å². The molecule has 0 aliphatic rings. The smallest absolute Gasteiger partial charge is 0.325 e. The first-order chi connectivity index (χ1) is 11.9. The van der Waals surface area contributed by atoms with Crippen LogP contribution >= 0.6 is 15.9 Å². The van der Waals surface area contributed by atoms with Crippen LogP contribution in [-0.4, -0.2) is 15.7 Å². The van der Waals surface area contributed by atoms with Crippen molar-refractivity contribution < 1.29 is 31.1 Å². The maximum absolute atomic E-state index is 12.9. The van der Waals surface area contributed by atoms with Gasteiger partial charge in [-0.3, -0.25) is 9.48 Å². The molecule has 0 saturated carbocycles. The number of benzene rings is 1. The molecule has 0 aliphatic carbocycles. The van der Waals surface area contributed by atoms with Crippen molar-refractivity contribution in [2.45, 2.75) is 32.2 Å². The van der Waals surface area contributed by atoms with Gasteiger partial charge in [-0.2, -0.15) is 31.4 Å². The third kappa shape index (κ3) is 4.57. The minimum atomic E-state index is -4.66. The number of carbonyl (C=O) groups excluding carboxylic acids is 1. The SMILES string of the molecule is Cc1c(Br)c(C(F)(F)F)nn1CCC(=O)Nc1ccccc1C(F)(F)F. The summed E-state index contributed by atoms with van der Waals surface area (Å²) in [6.45, 7) is 1.16. The molecule has 0 atom stereocenters. The number of rotatable bonds is 4. The summed E-state index contributed by atoms with van der Waals surface area (Å²) in [7, 11) is 0. The standard InChI is InChI=1S/C15H12BrF6N3O/c1-8-12(16)13(15(20,21)22)24-25(8)7-6-11(26)23-10-5-3-2-4-9(10)14(17,18)19/h2-5H,6-7H2,1H3,(H,23,26). The molecule has 0 radical (unpaired) electrons. The number of hydrogen-bond donors (Lipinski definition) is 1. The quantitative estimate of drug-likeness (QED) is 0.674. The molecule has 1 aromatic carbocycles. The van der Waals surface area contributed by atoms with Gasteiger partial charge in [0, 0.05) is 6.42 Å². The van der Waals surface area contributed by atoms with E-state index in [0.717, 1.165) is 16.8 Å². The lowest BCUT2D eigenvalue weighted by Gasteiger charge is -2.13. The number of anilines is 1. The molecule has 0 unspecified atom stereocenters. The molecule has 0 spiro atoms. The van der Waals surface area contributed by atoms with Gasteiger partial charge in [-0.15, -0.1) is 0 Å². The first-order valence-corrected chi connectivity index (χ1v) is 7.96. The molecule has 2 aromatic rings. The molecule has 0 saturated heterocycles. The van der Waals surface area contributed by atoms with Crippen molar-refractivity contribution in [2.24, 2.45) is 0 Å². The highest BCUT2D eigenvalue weighted by Crippen LogP contribution is 2.36. The molecule has 0 fully saturated rings. The Balaban J connectivity index is 2.10. The van der Waals surface area contributed by atoms with E-state index in [4.69, 9.17) is 0 Å². The molecule has 0 bridgehead atoms. The number of amides is 1. The number of para-hydroxylation sites is 1. The Labute approximate surface area is 152 Å². The van der Waals surface area contributed by atoms with Crippen molar-refractivity contribution in [2.75, 3.05) is 5.32 Å². The molecule has 1 aromatic heterocycles. The van der Waals surface area contributed by atoms with E-state index in [-0.39, 0.29) is 23.1 Å². The number of nitrogens with one attached hydrogen (secondary N) is 1. The van der Waals surface area contributed by atoms with Crippen LogP contribution in [0.5, 0.6) is 0 Å². The van der Waals surface area contributed by atoms with Gasteiger partial charge < -0.3 is 5.32 Å². The number of aromatic nitrogens is 2. The lowest BCUT2D eigenvalue weighted by atomic mass is 10.1. The predicted molar refractivity (Wildman–Crippen MR) is 84.4 cm³/mol. The van der Waals surface area contributed by atoms with Crippen LogP contribution in [0.1, 0.15) is 23.4 Å². The first-order valence-electron chi connectivity index (χ1n) is 7.17. The molecular formula is C15H12BrF6N3O. The van der Waals surface area contributed by atoms with Crippen molar-refractivity contribution in [1.29, 1.82) is 0 Å². The minimum absolute atomic E-state index is 0.154. The highest BCUT2D eigenvalue weighted by Gasteiger charge is 2.38. The fraction of sp³-hybridized carbons (Fsp3) is 0.333. The second kappa shape index (κ2) is 7.29. The maximum atomic E-state index is 12.9. The molecular weight excluding hydrogens is 432 g/mol. The monoisotopic (exact) mass is 443 g/mol. The highest BCUT2D eigenvalue weighted by molar-refractivity contribution is 9.10. The first kappa shape index (κ1) is 20.3. The second-order valence-electron chi connectivity index (χ2n) is 5.31. The van der Waals surface area contributed by atoms with Gasteiger partial charge in [-0.05, 0) is 35.0 Å². The zero-order valence-corrected chi connectivity index (χ0v) is 14.8. The molecule has 26 heavy (non-hydrogen) atoms. The average Bonchev–Trinajstić information content (AvgIpc) is 2.80. The van der Waals surface area contributed by atoms with Gasteiger partial charge in [0.05, 0.1) is 28.0 Å². The van der Waals surface area contributed by atoms with Crippen LogP contribution in [0.3, 0.4) is 0 Å². The van der Waals surface area contributed by atoms with Crippen LogP contribution < -0.4 is 5.32 Å². The molecule has 1 amide bonds. The summed E-state index contributed by atoms with van der Waals surface area (Å²) in [6.07, 6.45) is -9.66. The normalized spacial score (nSPS) is 12.3. The van der Waals surface area contributed by atoms with E-state index in [2.05, 4.69) is 26.3 Å². The van der Waals surface area contributed by atoms with Gasteiger partial charge in [0.15, 0.2) is 5.69 Å². The Morgan fingerprint density at radius 3 is 2.31 bits per heavy atom. The number of nitrogens with zero attached hydrogens (tertiary/aromatic N) is 2. The number of alkyl halides is 6. The van der Waals surface area contributed by atoms with Gasteiger partial charge in [-0.25, -0.2) is 0 Å².